The van der Waals surface area contributed by atoms with E-state index in [4.69, 9.17) is 23.2 Å². The summed E-state index contributed by atoms with van der Waals surface area (Å²) in [4.78, 5) is 12.0. The number of carbonyl (C=O) groups is 1. The molecule has 0 aliphatic carbocycles. The van der Waals surface area contributed by atoms with Crippen LogP contribution in [0.25, 0.3) is 0 Å². The highest BCUT2D eigenvalue weighted by atomic mass is 35.5. The predicted octanol–water partition coefficient (Wildman–Crippen LogP) is 4.69. The Balaban J connectivity index is 2.31. The Morgan fingerprint density at radius 1 is 1.11 bits per heavy atom. The van der Waals surface area contributed by atoms with E-state index in [2.05, 4.69) is 5.32 Å². The second-order valence-corrected chi connectivity index (χ2v) is 4.75. The molecule has 2 aromatic rings. The summed E-state index contributed by atoms with van der Waals surface area (Å²) in [5.41, 5.74) is 1.37. The minimum absolute atomic E-state index is 0.0687. The molecule has 5 heteroatoms. The zero-order chi connectivity index (χ0) is 14.0. The molecular weight excluding hydrogens is 288 g/mol. The average molecular weight is 298 g/mol. The van der Waals surface area contributed by atoms with Gasteiger partial charge in [-0.1, -0.05) is 41.4 Å². The van der Waals surface area contributed by atoms with Crippen LogP contribution in [0.3, 0.4) is 0 Å². The topological polar surface area (TPSA) is 29.1 Å². The molecule has 1 N–H and O–H groups in total. The molecule has 0 aliphatic heterocycles. The van der Waals surface area contributed by atoms with Gasteiger partial charge in [-0.2, -0.15) is 0 Å². The highest BCUT2D eigenvalue weighted by molar-refractivity contribution is 6.36. The summed E-state index contributed by atoms with van der Waals surface area (Å²) >= 11 is 11.8. The molecule has 0 saturated heterocycles. The summed E-state index contributed by atoms with van der Waals surface area (Å²) in [6, 6.07) is 9.33. The van der Waals surface area contributed by atoms with Gasteiger partial charge < -0.3 is 5.32 Å². The molecule has 0 aliphatic rings. The van der Waals surface area contributed by atoms with Gasteiger partial charge >= 0.3 is 0 Å². The summed E-state index contributed by atoms with van der Waals surface area (Å²) in [5.74, 6) is -1.14. The van der Waals surface area contributed by atoms with E-state index in [1.54, 1.807) is 12.1 Å². The lowest BCUT2D eigenvalue weighted by atomic mass is 10.2. The second kappa shape index (κ2) is 5.59. The number of nitrogens with one attached hydrogen (secondary N) is 1. The number of halogens is 3. The summed E-state index contributed by atoms with van der Waals surface area (Å²) in [6.07, 6.45) is 0. The third-order valence-electron chi connectivity index (χ3n) is 2.64. The van der Waals surface area contributed by atoms with Crippen molar-refractivity contribution in [2.45, 2.75) is 6.92 Å². The molecule has 0 fully saturated rings. The van der Waals surface area contributed by atoms with Crippen LogP contribution in [0.15, 0.2) is 36.4 Å². The van der Waals surface area contributed by atoms with Crippen LogP contribution in [0.2, 0.25) is 10.0 Å². The van der Waals surface area contributed by atoms with Crippen LogP contribution in [0, 0.1) is 12.7 Å². The maximum absolute atomic E-state index is 13.3. The minimum Gasteiger partial charge on any atom is -0.321 e. The van der Waals surface area contributed by atoms with Crippen LogP contribution >= 0.6 is 23.2 Å². The second-order valence-electron chi connectivity index (χ2n) is 3.99. The van der Waals surface area contributed by atoms with E-state index in [9.17, 15) is 9.18 Å². The van der Waals surface area contributed by atoms with Crippen molar-refractivity contribution in [3.05, 3.63) is 63.4 Å². The summed E-state index contributed by atoms with van der Waals surface area (Å²) < 4.78 is 13.3. The SMILES string of the molecule is Cc1cccc(NC(=O)c2cccc(F)c2Cl)c1Cl. The van der Waals surface area contributed by atoms with Crippen LogP contribution < -0.4 is 5.32 Å². The number of hydrogen-bond acceptors (Lipinski definition) is 1. The van der Waals surface area contributed by atoms with Gasteiger partial charge in [0.1, 0.15) is 5.82 Å². The summed E-state index contributed by atoms with van der Waals surface area (Å²) in [7, 11) is 0. The minimum atomic E-state index is -0.635. The molecule has 0 bridgehead atoms. The van der Waals surface area contributed by atoms with Crippen molar-refractivity contribution in [1.82, 2.24) is 0 Å². The van der Waals surface area contributed by atoms with Crippen LogP contribution in [0.5, 0.6) is 0 Å². The fourth-order valence-corrected chi connectivity index (χ4v) is 2.00. The van der Waals surface area contributed by atoms with Crippen molar-refractivity contribution in [3.8, 4) is 0 Å². The number of amides is 1. The van der Waals surface area contributed by atoms with Gasteiger partial charge in [0.05, 0.1) is 21.3 Å². The highest BCUT2D eigenvalue weighted by Crippen LogP contribution is 2.27. The predicted molar refractivity (Wildman–Crippen MR) is 75.6 cm³/mol. The van der Waals surface area contributed by atoms with Gasteiger partial charge in [0.15, 0.2) is 0 Å². The molecule has 0 aromatic heterocycles. The monoisotopic (exact) mass is 297 g/mol. The Labute approximate surface area is 120 Å². The van der Waals surface area contributed by atoms with Gasteiger partial charge in [-0.3, -0.25) is 4.79 Å². The first-order valence-corrected chi connectivity index (χ1v) is 6.27. The molecule has 98 valence electrons. The molecule has 2 nitrogen and oxygen atoms in total. The first kappa shape index (κ1) is 13.8. The van der Waals surface area contributed by atoms with Crippen molar-refractivity contribution in [3.63, 3.8) is 0 Å². The van der Waals surface area contributed by atoms with Crippen molar-refractivity contribution in [2.24, 2.45) is 0 Å². The standard InChI is InChI=1S/C14H10Cl2FNO/c1-8-4-2-7-11(12(8)15)18-14(19)9-5-3-6-10(17)13(9)16/h2-7H,1H3,(H,18,19). The van der Waals surface area contributed by atoms with Gasteiger partial charge in [-0.05, 0) is 30.7 Å². The van der Waals surface area contributed by atoms with Crippen molar-refractivity contribution in [1.29, 1.82) is 0 Å². The Bertz CT molecular complexity index is 643. The van der Waals surface area contributed by atoms with E-state index in [1.165, 1.54) is 18.2 Å². The molecular formula is C14H10Cl2FNO. The molecule has 0 heterocycles. The fourth-order valence-electron chi connectivity index (χ4n) is 1.61. The molecule has 0 saturated carbocycles. The van der Waals surface area contributed by atoms with Crippen LogP contribution in [0.4, 0.5) is 10.1 Å². The van der Waals surface area contributed by atoms with E-state index in [0.29, 0.717) is 10.7 Å². The largest absolute Gasteiger partial charge is 0.321 e. The van der Waals surface area contributed by atoms with Gasteiger partial charge in [0.25, 0.3) is 5.91 Å². The first-order valence-electron chi connectivity index (χ1n) is 5.51. The number of carbonyl (C=O) groups excluding carboxylic acids is 1. The van der Waals surface area contributed by atoms with E-state index in [0.717, 1.165) is 5.56 Å². The zero-order valence-corrected chi connectivity index (χ0v) is 11.5. The molecule has 0 spiro atoms. The Hall–Kier alpha value is -1.58. The number of hydrogen-bond donors (Lipinski definition) is 1. The maximum atomic E-state index is 13.3. The Morgan fingerprint density at radius 3 is 2.53 bits per heavy atom. The van der Waals surface area contributed by atoms with Crippen molar-refractivity contribution in [2.75, 3.05) is 5.32 Å². The molecule has 0 unspecified atom stereocenters. The smallest absolute Gasteiger partial charge is 0.257 e. The normalized spacial score (nSPS) is 10.3. The quantitative estimate of drug-likeness (QED) is 0.856. The molecule has 19 heavy (non-hydrogen) atoms. The average Bonchev–Trinajstić information content (AvgIpc) is 2.38. The van der Waals surface area contributed by atoms with Gasteiger partial charge in [-0.15, -0.1) is 0 Å². The molecule has 2 rings (SSSR count). The van der Waals surface area contributed by atoms with E-state index < -0.39 is 11.7 Å². The van der Waals surface area contributed by atoms with E-state index in [-0.39, 0.29) is 10.6 Å². The van der Waals surface area contributed by atoms with Gasteiger partial charge in [0, 0.05) is 0 Å². The molecule has 1 amide bonds. The van der Waals surface area contributed by atoms with Crippen LogP contribution in [-0.2, 0) is 0 Å². The number of anilines is 1. The Kier molecular flexibility index (Phi) is 4.08. The third-order valence-corrected chi connectivity index (χ3v) is 3.52. The third kappa shape index (κ3) is 2.88. The Morgan fingerprint density at radius 2 is 1.79 bits per heavy atom. The van der Waals surface area contributed by atoms with Gasteiger partial charge in [-0.25, -0.2) is 4.39 Å². The lowest BCUT2D eigenvalue weighted by molar-refractivity contribution is 0.102. The zero-order valence-electron chi connectivity index (χ0n) is 10.0. The fraction of sp³-hybridized carbons (Fsp3) is 0.0714. The lowest BCUT2D eigenvalue weighted by Gasteiger charge is -2.10. The van der Waals surface area contributed by atoms with Gasteiger partial charge in [0.2, 0.25) is 0 Å². The molecule has 2 aromatic carbocycles. The number of rotatable bonds is 2. The first-order chi connectivity index (χ1) is 9.00. The molecule has 0 radical (unpaired) electrons. The van der Waals surface area contributed by atoms with Crippen molar-refractivity contribution >= 4 is 34.8 Å². The van der Waals surface area contributed by atoms with E-state index >= 15 is 0 Å². The number of benzene rings is 2. The highest BCUT2D eigenvalue weighted by Gasteiger charge is 2.15. The van der Waals surface area contributed by atoms with Crippen LogP contribution in [-0.4, -0.2) is 5.91 Å². The lowest BCUT2D eigenvalue weighted by Crippen LogP contribution is -2.13. The number of aryl methyl sites for hydroxylation is 1. The van der Waals surface area contributed by atoms with Crippen molar-refractivity contribution < 1.29 is 9.18 Å². The molecule has 0 atom stereocenters. The summed E-state index contributed by atoms with van der Waals surface area (Å²) in [5, 5.41) is 2.86. The summed E-state index contributed by atoms with van der Waals surface area (Å²) in [6.45, 7) is 1.83. The maximum Gasteiger partial charge on any atom is 0.257 e. The van der Waals surface area contributed by atoms with E-state index in [1.807, 2.05) is 13.0 Å². The van der Waals surface area contributed by atoms with Crippen LogP contribution in [0.1, 0.15) is 15.9 Å².